The maximum absolute atomic E-state index is 12.2. The average molecular weight is 363 g/mol. The van der Waals surface area contributed by atoms with Crippen LogP contribution in [0.1, 0.15) is 21.5 Å². The van der Waals surface area contributed by atoms with Gasteiger partial charge in [0.1, 0.15) is 0 Å². The zero-order chi connectivity index (χ0) is 17.9. The second-order valence-electron chi connectivity index (χ2n) is 5.28. The molecule has 0 spiro atoms. The van der Waals surface area contributed by atoms with Crippen LogP contribution in [0.4, 0.5) is 5.69 Å². The number of aryl methyl sites for hydroxylation is 2. The normalized spacial score (nSPS) is 11.0. The van der Waals surface area contributed by atoms with Gasteiger partial charge in [0.15, 0.2) is 5.11 Å². The van der Waals surface area contributed by atoms with Crippen LogP contribution in [0.2, 0.25) is 0 Å². The number of benzene rings is 2. The van der Waals surface area contributed by atoms with Crippen LogP contribution in [0, 0.1) is 13.8 Å². The van der Waals surface area contributed by atoms with Crippen LogP contribution in [-0.4, -0.2) is 19.4 Å². The zero-order valence-corrected chi connectivity index (χ0v) is 14.8. The molecule has 2 aromatic rings. The first-order valence-electron chi connectivity index (χ1n) is 6.99. The second kappa shape index (κ2) is 7.08. The molecule has 1 amide bonds. The summed E-state index contributed by atoms with van der Waals surface area (Å²) in [4.78, 5) is 12.2. The number of rotatable bonds is 3. The van der Waals surface area contributed by atoms with E-state index in [0.29, 0.717) is 11.3 Å². The third-order valence-corrected chi connectivity index (χ3v) is 4.57. The van der Waals surface area contributed by atoms with Crippen LogP contribution in [0.15, 0.2) is 47.4 Å². The van der Waals surface area contributed by atoms with Crippen LogP contribution in [0.5, 0.6) is 0 Å². The molecule has 2 rings (SSSR count). The van der Waals surface area contributed by atoms with Crippen molar-refractivity contribution in [3.05, 3.63) is 59.2 Å². The summed E-state index contributed by atoms with van der Waals surface area (Å²) in [5, 5.41) is 10.5. The Morgan fingerprint density at radius 1 is 1.04 bits per heavy atom. The predicted molar refractivity (Wildman–Crippen MR) is 97.4 cm³/mol. The van der Waals surface area contributed by atoms with Crippen LogP contribution >= 0.6 is 12.2 Å². The zero-order valence-electron chi connectivity index (χ0n) is 13.2. The lowest BCUT2D eigenvalue weighted by Crippen LogP contribution is -2.34. The summed E-state index contributed by atoms with van der Waals surface area (Å²) in [6.07, 6.45) is 0. The molecule has 0 fully saturated rings. The van der Waals surface area contributed by atoms with E-state index in [0.717, 1.165) is 11.1 Å². The van der Waals surface area contributed by atoms with E-state index in [1.165, 1.54) is 24.3 Å². The highest BCUT2D eigenvalue weighted by Gasteiger charge is 2.10. The van der Waals surface area contributed by atoms with Crippen molar-refractivity contribution in [2.45, 2.75) is 18.7 Å². The molecular weight excluding hydrogens is 346 g/mol. The summed E-state index contributed by atoms with van der Waals surface area (Å²) < 4.78 is 22.4. The monoisotopic (exact) mass is 363 g/mol. The van der Waals surface area contributed by atoms with E-state index >= 15 is 0 Å². The van der Waals surface area contributed by atoms with Crippen LogP contribution in [0.25, 0.3) is 0 Å². The van der Waals surface area contributed by atoms with E-state index in [1.54, 1.807) is 12.1 Å². The summed E-state index contributed by atoms with van der Waals surface area (Å²) in [6, 6.07) is 11.1. The number of nitrogens with two attached hydrogens (primary N) is 1. The number of primary sulfonamides is 1. The Hall–Kier alpha value is -2.29. The van der Waals surface area contributed by atoms with Crippen molar-refractivity contribution >= 4 is 38.9 Å². The Kier molecular flexibility index (Phi) is 5.33. The number of anilines is 1. The Balaban J connectivity index is 2.02. The number of amides is 1. The lowest BCUT2D eigenvalue weighted by Gasteiger charge is -2.11. The molecule has 126 valence electrons. The number of hydrogen-bond acceptors (Lipinski definition) is 4. The molecule has 0 saturated heterocycles. The van der Waals surface area contributed by atoms with Gasteiger partial charge in [-0.05, 0) is 73.6 Å². The van der Waals surface area contributed by atoms with Gasteiger partial charge in [-0.2, -0.15) is 0 Å². The first kappa shape index (κ1) is 18.1. The molecular formula is C16H17N3O3S2. The van der Waals surface area contributed by atoms with Gasteiger partial charge in [-0.25, -0.2) is 13.6 Å². The molecule has 24 heavy (non-hydrogen) atoms. The third-order valence-electron chi connectivity index (χ3n) is 3.44. The van der Waals surface area contributed by atoms with Crippen molar-refractivity contribution in [1.82, 2.24) is 5.32 Å². The van der Waals surface area contributed by atoms with E-state index in [-0.39, 0.29) is 15.9 Å². The topological polar surface area (TPSA) is 101 Å². The number of carbonyl (C=O) groups excluding carboxylic acids is 1. The van der Waals surface area contributed by atoms with Gasteiger partial charge in [-0.3, -0.25) is 10.1 Å². The second-order valence-corrected chi connectivity index (χ2v) is 7.25. The smallest absolute Gasteiger partial charge is 0.257 e. The molecule has 2 aromatic carbocycles. The average Bonchev–Trinajstić information content (AvgIpc) is 2.49. The van der Waals surface area contributed by atoms with Gasteiger partial charge < -0.3 is 5.32 Å². The Bertz CT molecular complexity index is 891. The van der Waals surface area contributed by atoms with Crippen LogP contribution in [0.3, 0.4) is 0 Å². The Morgan fingerprint density at radius 3 is 2.21 bits per heavy atom. The molecule has 0 saturated carbocycles. The van der Waals surface area contributed by atoms with Gasteiger partial charge in [0.2, 0.25) is 10.0 Å². The maximum atomic E-state index is 12.2. The van der Waals surface area contributed by atoms with Crippen LogP contribution in [-0.2, 0) is 10.0 Å². The largest absolute Gasteiger partial charge is 0.332 e. The lowest BCUT2D eigenvalue weighted by atomic mass is 10.1. The molecule has 6 nitrogen and oxygen atoms in total. The van der Waals surface area contributed by atoms with Gasteiger partial charge in [-0.1, -0.05) is 6.07 Å². The van der Waals surface area contributed by atoms with Crippen molar-refractivity contribution in [2.24, 2.45) is 5.14 Å². The Labute approximate surface area is 146 Å². The fraction of sp³-hybridized carbons (Fsp3) is 0.125. The van der Waals surface area contributed by atoms with E-state index in [9.17, 15) is 13.2 Å². The molecule has 0 aliphatic rings. The number of sulfonamides is 1. The molecule has 0 aliphatic carbocycles. The fourth-order valence-electron chi connectivity index (χ4n) is 1.95. The van der Waals surface area contributed by atoms with Crippen molar-refractivity contribution in [3.8, 4) is 0 Å². The lowest BCUT2D eigenvalue weighted by molar-refractivity contribution is 0.0977. The quantitative estimate of drug-likeness (QED) is 0.725. The van der Waals surface area contributed by atoms with Crippen molar-refractivity contribution in [2.75, 3.05) is 5.32 Å². The van der Waals surface area contributed by atoms with Gasteiger partial charge in [0.05, 0.1) is 4.90 Å². The van der Waals surface area contributed by atoms with E-state index < -0.39 is 10.0 Å². The van der Waals surface area contributed by atoms with E-state index in [2.05, 4.69) is 10.6 Å². The highest BCUT2D eigenvalue weighted by molar-refractivity contribution is 7.89. The predicted octanol–water partition coefficient (Wildman–Crippen LogP) is 2.08. The van der Waals surface area contributed by atoms with E-state index in [1.807, 2.05) is 19.9 Å². The minimum absolute atomic E-state index is 0.00173. The maximum Gasteiger partial charge on any atom is 0.257 e. The minimum Gasteiger partial charge on any atom is -0.332 e. The summed E-state index contributed by atoms with van der Waals surface area (Å²) >= 11 is 5.09. The van der Waals surface area contributed by atoms with Gasteiger partial charge in [-0.15, -0.1) is 0 Å². The highest BCUT2D eigenvalue weighted by Crippen LogP contribution is 2.13. The molecule has 0 heterocycles. The summed E-state index contributed by atoms with van der Waals surface area (Å²) in [6.45, 7) is 3.89. The SMILES string of the molecule is Cc1ccc(C(=O)NC(=S)Nc2ccc(S(N)(=O)=O)cc2)cc1C. The summed E-state index contributed by atoms with van der Waals surface area (Å²) in [5.74, 6) is -0.322. The number of hydrogen-bond donors (Lipinski definition) is 3. The minimum atomic E-state index is -3.74. The molecule has 8 heteroatoms. The fourth-order valence-corrected chi connectivity index (χ4v) is 2.67. The van der Waals surface area contributed by atoms with Gasteiger partial charge in [0.25, 0.3) is 5.91 Å². The molecule has 0 aliphatic heterocycles. The molecule has 4 N–H and O–H groups in total. The van der Waals surface area contributed by atoms with Gasteiger partial charge >= 0.3 is 0 Å². The molecule has 0 aromatic heterocycles. The first-order valence-corrected chi connectivity index (χ1v) is 8.95. The molecule has 0 atom stereocenters. The van der Waals surface area contributed by atoms with Crippen molar-refractivity contribution in [3.63, 3.8) is 0 Å². The van der Waals surface area contributed by atoms with Gasteiger partial charge in [0, 0.05) is 11.3 Å². The summed E-state index contributed by atoms with van der Waals surface area (Å²) in [5.41, 5.74) is 3.15. The number of nitrogens with one attached hydrogen (secondary N) is 2. The Morgan fingerprint density at radius 2 is 1.67 bits per heavy atom. The van der Waals surface area contributed by atoms with Crippen LogP contribution < -0.4 is 15.8 Å². The molecule has 0 radical (unpaired) electrons. The van der Waals surface area contributed by atoms with Crippen molar-refractivity contribution < 1.29 is 13.2 Å². The number of thiocarbonyl (C=S) groups is 1. The first-order chi connectivity index (χ1) is 11.2. The third kappa shape index (κ3) is 4.60. The molecule has 0 bridgehead atoms. The van der Waals surface area contributed by atoms with Crippen molar-refractivity contribution in [1.29, 1.82) is 0 Å². The summed E-state index contributed by atoms with van der Waals surface area (Å²) in [7, 11) is -3.74. The number of carbonyl (C=O) groups is 1. The highest BCUT2D eigenvalue weighted by atomic mass is 32.2. The van der Waals surface area contributed by atoms with E-state index in [4.69, 9.17) is 17.4 Å². The standard InChI is InChI=1S/C16H17N3O3S2/c1-10-3-4-12(9-11(10)2)15(20)19-16(23)18-13-5-7-14(8-6-13)24(17,21)22/h3-9H,1-2H3,(H2,17,21,22)(H2,18,19,20,23). The molecule has 0 unspecified atom stereocenters.